The Labute approximate surface area is 84.9 Å². The summed E-state index contributed by atoms with van der Waals surface area (Å²) in [5.41, 5.74) is 5.82. The highest BCUT2D eigenvalue weighted by Crippen LogP contribution is 2.32. The van der Waals surface area contributed by atoms with Crippen LogP contribution in [0.2, 0.25) is 0 Å². The fraction of sp³-hybridized carbons (Fsp3) is 0.583. The minimum absolute atomic E-state index is 0.0532. The van der Waals surface area contributed by atoms with Crippen LogP contribution in [0.1, 0.15) is 32.1 Å². The summed E-state index contributed by atoms with van der Waals surface area (Å²) in [6, 6.07) is 0. The Morgan fingerprint density at radius 3 is 2.43 bits per heavy atom. The molecule has 0 saturated heterocycles. The highest BCUT2D eigenvalue weighted by molar-refractivity contribution is 6.00. The van der Waals surface area contributed by atoms with Crippen molar-refractivity contribution in [2.24, 2.45) is 11.7 Å². The topological polar surface area (TPSA) is 43.1 Å². The monoisotopic (exact) mass is 191 g/mol. The maximum atomic E-state index is 11.0. The highest BCUT2D eigenvalue weighted by atomic mass is 16.1. The van der Waals surface area contributed by atoms with Crippen LogP contribution in [0.25, 0.3) is 0 Å². The number of carbonyl (C=O) groups is 1. The Kier molecular flexibility index (Phi) is 2.55. The smallest absolute Gasteiger partial charge is 0.178 e. The maximum absolute atomic E-state index is 11.0. The first-order valence-corrected chi connectivity index (χ1v) is 5.39. The Bertz CT molecular complexity index is 269. The number of allylic oxidation sites excluding steroid dienone is 2. The molecular formula is C12H17NO. The highest BCUT2D eigenvalue weighted by Gasteiger charge is 2.27. The maximum Gasteiger partial charge on any atom is 0.178 e. The van der Waals surface area contributed by atoms with E-state index in [0.29, 0.717) is 0 Å². The molecule has 0 amide bonds. The molecule has 0 radical (unpaired) electrons. The fourth-order valence-electron chi connectivity index (χ4n) is 2.44. The molecule has 0 aromatic heterocycles. The molecule has 0 heterocycles. The van der Waals surface area contributed by atoms with Gasteiger partial charge in [-0.1, -0.05) is 37.8 Å². The lowest BCUT2D eigenvalue weighted by Gasteiger charge is -2.27. The van der Waals surface area contributed by atoms with Crippen molar-refractivity contribution in [2.45, 2.75) is 37.6 Å². The second-order valence-corrected chi connectivity index (χ2v) is 4.54. The molecule has 2 rings (SSSR count). The number of ketones is 1. The Morgan fingerprint density at radius 1 is 1.29 bits per heavy atom. The zero-order chi connectivity index (χ0) is 10.0. The van der Waals surface area contributed by atoms with Crippen LogP contribution in [-0.2, 0) is 4.79 Å². The first-order chi connectivity index (χ1) is 6.68. The summed E-state index contributed by atoms with van der Waals surface area (Å²) in [6.07, 6.45) is 13.2. The van der Waals surface area contributed by atoms with Gasteiger partial charge < -0.3 is 5.73 Å². The van der Waals surface area contributed by atoms with Gasteiger partial charge in [0.05, 0.1) is 5.54 Å². The molecule has 0 atom stereocenters. The van der Waals surface area contributed by atoms with E-state index >= 15 is 0 Å². The van der Waals surface area contributed by atoms with E-state index in [1.807, 2.05) is 12.2 Å². The van der Waals surface area contributed by atoms with E-state index < -0.39 is 0 Å². The van der Waals surface area contributed by atoms with Gasteiger partial charge in [0.1, 0.15) is 0 Å². The first kappa shape index (κ1) is 9.66. The van der Waals surface area contributed by atoms with E-state index in [2.05, 4.69) is 0 Å². The van der Waals surface area contributed by atoms with Gasteiger partial charge in [0.25, 0.3) is 0 Å². The average Bonchev–Trinajstić information content (AvgIpc) is 2.63. The second-order valence-electron chi connectivity index (χ2n) is 4.54. The number of rotatable bonds is 2. The Morgan fingerprint density at radius 2 is 1.86 bits per heavy atom. The third-order valence-corrected chi connectivity index (χ3v) is 3.23. The van der Waals surface area contributed by atoms with Gasteiger partial charge in [0, 0.05) is 0 Å². The fourth-order valence-corrected chi connectivity index (χ4v) is 2.44. The lowest BCUT2D eigenvalue weighted by atomic mass is 9.84. The number of carbonyl (C=O) groups excluding carboxylic acids is 1. The molecule has 2 N–H and O–H groups in total. The van der Waals surface area contributed by atoms with Crippen molar-refractivity contribution in [3.8, 4) is 0 Å². The molecule has 2 heteroatoms. The molecule has 2 nitrogen and oxygen atoms in total. The standard InChI is InChI=1S/C12H17NO/c13-12(7-5-11(14)6-8-12)9-10-3-1-2-4-10/h5-8,10H,1-4,9,13H2. The molecule has 1 fully saturated rings. The molecule has 0 aromatic carbocycles. The van der Waals surface area contributed by atoms with E-state index in [9.17, 15) is 4.79 Å². The van der Waals surface area contributed by atoms with E-state index in [0.717, 1.165) is 12.3 Å². The van der Waals surface area contributed by atoms with Gasteiger partial charge in [-0.05, 0) is 24.5 Å². The Hall–Kier alpha value is -0.890. The van der Waals surface area contributed by atoms with Crippen LogP contribution in [0.15, 0.2) is 24.3 Å². The van der Waals surface area contributed by atoms with Crippen molar-refractivity contribution in [3.63, 3.8) is 0 Å². The summed E-state index contributed by atoms with van der Waals surface area (Å²) in [4.78, 5) is 11.0. The van der Waals surface area contributed by atoms with Gasteiger partial charge in [-0.3, -0.25) is 4.79 Å². The molecule has 0 spiro atoms. The predicted molar refractivity (Wildman–Crippen MR) is 56.8 cm³/mol. The van der Waals surface area contributed by atoms with Gasteiger partial charge >= 0.3 is 0 Å². The predicted octanol–water partition coefficient (Wildman–Crippen LogP) is 1.96. The summed E-state index contributed by atoms with van der Waals surface area (Å²) in [5.74, 6) is 0.806. The molecule has 2 aliphatic rings. The summed E-state index contributed by atoms with van der Waals surface area (Å²) >= 11 is 0. The molecule has 0 bridgehead atoms. The molecular weight excluding hydrogens is 174 g/mol. The molecule has 0 aliphatic heterocycles. The van der Waals surface area contributed by atoms with Crippen LogP contribution in [0.4, 0.5) is 0 Å². The van der Waals surface area contributed by atoms with Crippen molar-refractivity contribution in [3.05, 3.63) is 24.3 Å². The first-order valence-electron chi connectivity index (χ1n) is 5.39. The third-order valence-electron chi connectivity index (χ3n) is 3.23. The summed E-state index contributed by atoms with van der Waals surface area (Å²) in [5, 5.41) is 0. The van der Waals surface area contributed by atoms with Crippen molar-refractivity contribution in [2.75, 3.05) is 0 Å². The lowest BCUT2D eigenvalue weighted by Crippen LogP contribution is -2.38. The Balaban J connectivity index is 1.99. The zero-order valence-electron chi connectivity index (χ0n) is 8.41. The van der Waals surface area contributed by atoms with Gasteiger partial charge in [0.2, 0.25) is 0 Å². The van der Waals surface area contributed by atoms with Gasteiger partial charge in [0.15, 0.2) is 5.78 Å². The van der Waals surface area contributed by atoms with Crippen LogP contribution < -0.4 is 5.73 Å². The summed E-state index contributed by atoms with van der Waals surface area (Å²) < 4.78 is 0. The van der Waals surface area contributed by atoms with Gasteiger partial charge in [-0.15, -0.1) is 0 Å². The van der Waals surface area contributed by atoms with Crippen LogP contribution in [-0.4, -0.2) is 11.3 Å². The molecule has 2 aliphatic carbocycles. The van der Waals surface area contributed by atoms with Crippen LogP contribution in [0, 0.1) is 5.92 Å². The van der Waals surface area contributed by atoms with Crippen LogP contribution in [0.3, 0.4) is 0 Å². The van der Waals surface area contributed by atoms with Crippen LogP contribution >= 0.6 is 0 Å². The lowest BCUT2D eigenvalue weighted by molar-refractivity contribution is -0.110. The van der Waals surface area contributed by atoms with Crippen molar-refractivity contribution in [1.29, 1.82) is 0 Å². The number of nitrogens with two attached hydrogens (primary N) is 1. The van der Waals surface area contributed by atoms with E-state index in [4.69, 9.17) is 5.73 Å². The van der Waals surface area contributed by atoms with Gasteiger partial charge in [-0.25, -0.2) is 0 Å². The quantitative estimate of drug-likeness (QED) is 0.725. The third kappa shape index (κ3) is 2.13. The molecule has 14 heavy (non-hydrogen) atoms. The molecule has 0 unspecified atom stereocenters. The average molecular weight is 191 g/mol. The largest absolute Gasteiger partial charge is 0.319 e. The minimum atomic E-state index is -0.358. The number of hydrogen-bond donors (Lipinski definition) is 1. The second kappa shape index (κ2) is 3.70. The van der Waals surface area contributed by atoms with E-state index in [1.165, 1.54) is 25.7 Å². The van der Waals surface area contributed by atoms with Gasteiger partial charge in [-0.2, -0.15) is 0 Å². The SMILES string of the molecule is NC1(CC2CCCC2)C=CC(=O)C=C1. The molecule has 1 saturated carbocycles. The van der Waals surface area contributed by atoms with E-state index in [1.54, 1.807) is 12.2 Å². The normalized spacial score (nSPS) is 25.9. The molecule has 76 valence electrons. The van der Waals surface area contributed by atoms with Crippen molar-refractivity contribution < 1.29 is 4.79 Å². The summed E-state index contributed by atoms with van der Waals surface area (Å²) in [7, 11) is 0. The minimum Gasteiger partial charge on any atom is -0.319 e. The van der Waals surface area contributed by atoms with Crippen molar-refractivity contribution >= 4 is 5.78 Å². The zero-order valence-corrected chi connectivity index (χ0v) is 8.41. The number of hydrogen-bond acceptors (Lipinski definition) is 2. The van der Waals surface area contributed by atoms with Crippen molar-refractivity contribution in [1.82, 2.24) is 0 Å². The van der Waals surface area contributed by atoms with E-state index in [-0.39, 0.29) is 11.3 Å². The summed E-state index contributed by atoms with van der Waals surface area (Å²) in [6.45, 7) is 0. The molecule has 0 aromatic rings. The van der Waals surface area contributed by atoms with Crippen LogP contribution in [0.5, 0.6) is 0 Å².